The predicted molar refractivity (Wildman–Crippen MR) is 230 cm³/mol. The van der Waals surface area contributed by atoms with Crippen molar-refractivity contribution in [3.05, 3.63) is 106 Å². The summed E-state index contributed by atoms with van der Waals surface area (Å²) in [7, 11) is 0. The molecule has 0 bridgehead atoms. The van der Waals surface area contributed by atoms with Gasteiger partial charge in [-0.2, -0.15) is 0 Å². The molecule has 3 atom stereocenters. The molecule has 48 heavy (non-hydrogen) atoms. The lowest BCUT2D eigenvalue weighted by Gasteiger charge is -2.21. The van der Waals surface area contributed by atoms with Crippen molar-refractivity contribution >= 4 is 0 Å². The average molecular weight is 665 g/mol. The van der Waals surface area contributed by atoms with Crippen LogP contribution in [0.1, 0.15) is 168 Å². The highest BCUT2D eigenvalue weighted by Crippen LogP contribution is 2.28. The minimum Gasteiger partial charge on any atom is -0.103 e. The minimum absolute atomic E-state index is 0.500. The summed E-state index contributed by atoms with van der Waals surface area (Å²) < 4.78 is 0. The molecule has 1 aromatic rings. The molecule has 0 saturated carbocycles. The highest BCUT2D eigenvalue weighted by atomic mass is 14.2. The van der Waals surface area contributed by atoms with Gasteiger partial charge in [0.2, 0.25) is 0 Å². The molecule has 0 amide bonds. The number of hydrogen-bond donors (Lipinski definition) is 0. The van der Waals surface area contributed by atoms with Gasteiger partial charge >= 0.3 is 0 Å². The molecule has 1 aliphatic carbocycles. The largest absolute Gasteiger partial charge is 0.103 e. The number of allylic oxidation sites excluding steroid dienone is 9. The van der Waals surface area contributed by atoms with Crippen LogP contribution in [0.25, 0.3) is 0 Å². The Hall–Kier alpha value is -2.34. The minimum atomic E-state index is 0.500. The Morgan fingerprint density at radius 2 is 1.29 bits per heavy atom. The van der Waals surface area contributed by atoms with Crippen LogP contribution in [0.4, 0.5) is 0 Å². The summed E-state index contributed by atoms with van der Waals surface area (Å²) in [5.41, 5.74) is 12.9. The fourth-order valence-corrected chi connectivity index (χ4v) is 3.99. The van der Waals surface area contributed by atoms with E-state index in [4.69, 9.17) is 0 Å². The molecule has 0 heteroatoms. The fraction of sp³-hybridized carbons (Fsp3) is 0.625. The number of benzene rings is 1. The Morgan fingerprint density at radius 3 is 1.56 bits per heavy atom. The SMILES string of the molecule is C=C(C)/C(C)=C(\C)[C@@H](C)CC.C=CC(C)CC(=C)C.CC.CC.CC(C)(C)C.CC1=C(C)CC(C(C)C)C=C1.Cc1ccc(C)c(C)c1. The molecule has 0 radical (unpaired) electrons. The third kappa shape index (κ3) is 35.0. The van der Waals surface area contributed by atoms with Gasteiger partial charge in [0.05, 0.1) is 0 Å². The monoisotopic (exact) mass is 665 g/mol. The van der Waals surface area contributed by atoms with E-state index in [1.54, 1.807) is 5.57 Å². The van der Waals surface area contributed by atoms with Gasteiger partial charge in [0.15, 0.2) is 0 Å². The van der Waals surface area contributed by atoms with Crippen LogP contribution >= 0.6 is 0 Å². The second-order valence-electron chi connectivity index (χ2n) is 15.3. The lowest BCUT2D eigenvalue weighted by atomic mass is 9.84. The summed E-state index contributed by atoms with van der Waals surface area (Å²) in [5.74, 6) is 2.85. The Morgan fingerprint density at radius 1 is 0.833 bits per heavy atom. The molecule has 2 unspecified atom stereocenters. The first-order valence-electron chi connectivity index (χ1n) is 19.0. The van der Waals surface area contributed by atoms with Crippen molar-refractivity contribution in [2.75, 3.05) is 0 Å². The normalized spacial score (nSPS) is 14.8. The zero-order valence-electron chi connectivity index (χ0n) is 37.0. The van der Waals surface area contributed by atoms with Crippen molar-refractivity contribution in [3.8, 4) is 0 Å². The van der Waals surface area contributed by atoms with Crippen LogP contribution in [0.2, 0.25) is 0 Å². The van der Waals surface area contributed by atoms with E-state index < -0.39 is 0 Å². The van der Waals surface area contributed by atoms with E-state index in [2.05, 4.69) is 168 Å². The smallest absolute Gasteiger partial charge is 0.0170 e. The number of hydrogen-bond acceptors (Lipinski definition) is 0. The Labute approximate surface area is 306 Å². The van der Waals surface area contributed by atoms with E-state index in [1.165, 1.54) is 57.4 Å². The molecule has 280 valence electrons. The van der Waals surface area contributed by atoms with Gasteiger partial charge in [-0.1, -0.05) is 166 Å². The summed E-state index contributed by atoms with van der Waals surface area (Å²) in [4.78, 5) is 0. The van der Waals surface area contributed by atoms with Gasteiger partial charge in [-0.3, -0.25) is 0 Å². The lowest BCUT2D eigenvalue weighted by Crippen LogP contribution is -2.09. The van der Waals surface area contributed by atoms with Crippen LogP contribution in [0.3, 0.4) is 0 Å². The molecule has 0 nitrogen and oxygen atoms in total. The van der Waals surface area contributed by atoms with Crippen molar-refractivity contribution in [2.24, 2.45) is 29.1 Å². The highest BCUT2D eigenvalue weighted by molar-refractivity contribution is 5.30. The zero-order valence-corrected chi connectivity index (χ0v) is 37.0. The van der Waals surface area contributed by atoms with Crippen LogP contribution < -0.4 is 0 Å². The standard InChI is InChI=1S/C11H18.C11H20.C9H12.C8H14.C5H12.2C2H6/c1-8(2)11-6-5-9(3)10(4)7-11;1-7-9(4)11(6)10(5)8(2)3;1-7-4-5-8(2)9(3)6-7;1-5-8(4)6-7(2)3;1-5(2,3)4;2*1-2/h5-6,8,11H,7H2,1-4H3;9H,2,7H2,1,3-6H3;4-6H,1-3H3;5,8H,1-2,6H2,3-4H3;1-4H3;2*1-2H3/b;11-10+;;;;;/t;9-;;;;;/m.0...../s1. The maximum Gasteiger partial charge on any atom is -0.0170 e. The summed E-state index contributed by atoms with van der Waals surface area (Å²) in [5, 5.41) is 0. The fourth-order valence-electron chi connectivity index (χ4n) is 3.99. The van der Waals surface area contributed by atoms with Crippen molar-refractivity contribution in [1.82, 2.24) is 0 Å². The average Bonchev–Trinajstić information content (AvgIpc) is 3.01. The molecular formula is C48H88. The van der Waals surface area contributed by atoms with Crippen molar-refractivity contribution in [1.29, 1.82) is 0 Å². The molecule has 0 fully saturated rings. The van der Waals surface area contributed by atoms with Gasteiger partial charge in [0.25, 0.3) is 0 Å². The van der Waals surface area contributed by atoms with Crippen LogP contribution in [0.15, 0.2) is 89.6 Å². The van der Waals surface area contributed by atoms with E-state index in [9.17, 15) is 0 Å². The van der Waals surface area contributed by atoms with Gasteiger partial charge in [-0.05, 0) is 127 Å². The van der Waals surface area contributed by atoms with Crippen molar-refractivity contribution in [2.45, 2.75) is 172 Å². The van der Waals surface area contributed by atoms with E-state index in [0.717, 1.165) is 18.3 Å². The Kier molecular flexibility index (Phi) is 36.6. The molecule has 0 aliphatic heterocycles. The quantitative estimate of drug-likeness (QED) is 0.201. The van der Waals surface area contributed by atoms with E-state index in [1.807, 2.05) is 40.7 Å². The summed E-state index contributed by atoms with van der Waals surface area (Å²) in [6, 6.07) is 6.50. The first-order chi connectivity index (χ1) is 22.0. The third-order valence-electron chi connectivity index (χ3n) is 7.98. The first-order valence-corrected chi connectivity index (χ1v) is 19.0. The van der Waals surface area contributed by atoms with E-state index in [0.29, 0.717) is 17.3 Å². The number of rotatable bonds is 7. The molecule has 1 aromatic carbocycles. The highest BCUT2D eigenvalue weighted by Gasteiger charge is 2.14. The third-order valence-corrected chi connectivity index (χ3v) is 7.98. The molecule has 0 aromatic heterocycles. The van der Waals surface area contributed by atoms with Crippen molar-refractivity contribution in [3.63, 3.8) is 0 Å². The van der Waals surface area contributed by atoms with E-state index >= 15 is 0 Å². The van der Waals surface area contributed by atoms with Crippen molar-refractivity contribution < 1.29 is 0 Å². The molecule has 0 heterocycles. The lowest BCUT2D eigenvalue weighted by molar-refractivity contribution is 0.456. The maximum absolute atomic E-state index is 3.93. The summed E-state index contributed by atoms with van der Waals surface area (Å²) in [6.07, 6.45) is 10.1. The number of aryl methyl sites for hydroxylation is 3. The van der Waals surface area contributed by atoms with Gasteiger partial charge < -0.3 is 0 Å². The Bertz CT molecular complexity index is 1070. The second-order valence-corrected chi connectivity index (χ2v) is 15.3. The zero-order chi connectivity index (χ0) is 39.4. The van der Waals surface area contributed by atoms with Gasteiger partial charge in [-0.25, -0.2) is 0 Å². The molecule has 0 N–H and O–H groups in total. The van der Waals surface area contributed by atoms with Crippen LogP contribution in [0.5, 0.6) is 0 Å². The maximum atomic E-state index is 3.93. The van der Waals surface area contributed by atoms with Gasteiger partial charge in [-0.15, -0.1) is 13.2 Å². The summed E-state index contributed by atoms with van der Waals surface area (Å²) in [6.45, 7) is 58.7. The van der Waals surface area contributed by atoms with E-state index in [-0.39, 0.29) is 0 Å². The van der Waals surface area contributed by atoms with Gasteiger partial charge in [0, 0.05) is 0 Å². The summed E-state index contributed by atoms with van der Waals surface area (Å²) >= 11 is 0. The van der Waals surface area contributed by atoms with Crippen LogP contribution in [0, 0.1) is 49.9 Å². The predicted octanol–water partition coefficient (Wildman–Crippen LogP) is 17.0. The molecule has 0 saturated heterocycles. The molecule has 2 rings (SSSR count). The molecule has 1 aliphatic rings. The van der Waals surface area contributed by atoms with Crippen LogP contribution in [-0.4, -0.2) is 0 Å². The molecule has 0 spiro atoms. The van der Waals surface area contributed by atoms with Crippen LogP contribution in [-0.2, 0) is 0 Å². The second kappa shape index (κ2) is 31.9. The Balaban J connectivity index is -0.000000159. The van der Waals surface area contributed by atoms with Gasteiger partial charge in [0.1, 0.15) is 0 Å². The topological polar surface area (TPSA) is 0 Å². The molecular weight excluding hydrogens is 577 g/mol. The first kappa shape index (κ1) is 55.1.